The summed E-state index contributed by atoms with van der Waals surface area (Å²) in [5, 5.41) is 0. The number of esters is 1. The second kappa shape index (κ2) is 12.9. The van der Waals surface area contributed by atoms with Crippen LogP contribution in [0.15, 0.2) is 72.8 Å². The van der Waals surface area contributed by atoms with Crippen molar-refractivity contribution >= 4 is 11.9 Å². The van der Waals surface area contributed by atoms with Gasteiger partial charge in [-0.05, 0) is 85.5 Å². The normalized spacial score (nSPS) is 25.8. The van der Waals surface area contributed by atoms with E-state index in [4.69, 9.17) is 9.47 Å². The monoisotopic (exact) mass is 670 g/mol. The highest BCUT2D eigenvalue weighted by Gasteiger charge is 2.66. The zero-order chi connectivity index (χ0) is 34.5. The van der Waals surface area contributed by atoms with Crippen LogP contribution in [0.4, 0.5) is 13.2 Å². The summed E-state index contributed by atoms with van der Waals surface area (Å²) in [6.45, 7) is 7.49. The van der Waals surface area contributed by atoms with Crippen molar-refractivity contribution < 1.29 is 32.2 Å². The first-order valence-electron chi connectivity index (χ1n) is 17.2. The van der Waals surface area contributed by atoms with Crippen molar-refractivity contribution in [3.8, 4) is 17.6 Å². The van der Waals surface area contributed by atoms with Crippen LogP contribution in [0.5, 0.6) is 5.75 Å². The SMILES string of the molecule is CC(=O)OC(CN1CC[C@]23c4c5cccc4O[C@H]2[C@@H](N(CC(C)C)C(=O)C#Cc2ccc(C(F)(F)F)cc2)CC[C@H]3[C@H]1C5)c1ccccc1. The van der Waals surface area contributed by atoms with Crippen molar-refractivity contribution in [2.45, 2.75) is 82.3 Å². The number of halogens is 3. The first-order valence-corrected chi connectivity index (χ1v) is 17.2. The van der Waals surface area contributed by atoms with E-state index in [1.54, 1.807) is 0 Å². The lowest BCUT2D eigenvalue weighted by atomic mass is 9.51. The number of amides is 1. The van der Waals surface area contributed by atoms with Gasteiger partial charge in [0.15, 0.2) is 0 Å². The van der Waals surface area contributed by atoms with E-state index < -0.39 is 11.7 Å². The van der Waals surface area contributed by atoms with Crippen LogP contribution in [0.1, 0.15) is 74.0 Å². The van der Waals surface area contributed by atoms with E-state index in [0.717, 1.165) is 55.7 Å². The number of ether oxygens (including phenoxy) is 2. The summed E-state index contributed by atoms with van der Waals surface area (Å²) in [5.74, 6) is 6.30. The van der Waals surface area contributed by atoms with Crippen molar-refractivity contribution in [1.29, 1.82) is 0 Å². The molecule has 3 aromatic carbocycles. The summed E-state index contributed by atoms with van der Waals surface area (Å²) in [5.41, 5.74) is 2.87. The van der Waals surface area contributed by atoms with E-state index in [-0.39, 0.29) is 47.5 Å². The smallest absolute Gasteiger partial charge is 0.416 e. The molecule has 1 saturated carbocycles. The molecule has 6 nitrogen and oxygen atoms in total. The highest BCUT2D eigenvalue weighted by molar-refractivity contribution is 5.94. The van der Waals surface area contributed by atoms with E-state index in [9.17, 15) is 22.8 Å². The molecule has 0 radical (unpaired) electrons. The number of carbonyl (C=O) groups is 2. The minimum Gasteiger partial charge on any atom is -0.487 e. The Labute approximate surface area is 285 Å². The molecule has 2 aliphatic heterocycles. The minimum absolute atomic E-state index is 0.170. The van der Waals surface area contributed by atoms with Crippen molar-refractivity contribution in [3.63, 3.8) is 0 Å². The lowest BCUT2D eigenvalue weighted by molar-refractivity contribution is -0.151. The Kier molecular flexibility index (Phi) is 8.72. The quantitative estimate of drug-likeness (QED) is 0.201. The number of benzene rings is 3. The molecule has 1 saturated heterocycles. The van der Waals surface area contributed by atoms with Crippen LogP contribution < -0.4 is 4.74 Å². The number of carbonyl (C=O) groups excluding carboxylic acids is 2. The summed E-state index contributed by atoms with van der Waals surface area (Å²) in [6, 6.07) is 20.8. The zero-order valence-corrected chi connectivity index (χ0v) is 28.0. The molecular formula is C40H41F3N2O4. The second-order valence-electron chi connectivity index (χ2n) is 14.3. The first kappa shape index (κ1) is 33.2. The van der Waals surface area contributed by atoms with Gasteiger partial charge in [-0.3, -0.25) is 14.5 Å². The van der Waals surface area contributed by atoms with Crippen molar-refractivity contribution in [1.82, 2.24) is 9.80 Å². The molecule has 3 aromatic rings. The van der Waals surface area contributed by atoms with Crippen LogP contribution in [0, 0.1) is 23.7 Å². The van der Waals surface area contributed by atoms with Crippen LogP contribution in [0.25, 0.3) is 0 Å². The maximum absolute atomic E-state index is 13.9. The maximum atomic E-state index is 13.9. The molecule has 2 aliphatic carbocycles. The van der Waals surface area contributed by atoms with E-state index in [1.807, 2.05) is 35.2 Å². The Bertz CT molecular complexity index is 1780. The predicted molar refractivity (Wildman–Crippen MR) is 179 cm³/mol. The van der Waals surface area contributed by atoms with E-state index in [1.165, 1.54) is 30.2 Å². The third kappa shape index (κ3) is 6.09. The largest absolute Gasteiger partial charge is 0.487 e. The highest BCUT2D eigenvalue weighted by Crippen LogP contribution is 2.62. The number of hydrogen-bond donors (Lipinski definition) is 0. The van der Waals surface area contributed by atoms with Crippen LogP contribution in [-0.4, -0.2) is 59.5 Å². The van der Waals surface area contributed by atoms with Crippen LogP contribution in [0.3, 0.4) is 0 Å². The molecule has 49 heavy (non-hydrogen) atoms. The highest BCUT2D eigenvalue weighted by atomic mass is 19.4. The summed E-state index contributed by atoms with van der Waals surface area (Å²) >= 11 is 0. The average molecular weight is 671 g/mol. The van der Waals surface area contributed by atoms with Crippen molar-refractivity contribution in [2.75, 3.05) is 19.6 Å². The topological polar surface area (TPSA) is 59.1 Å². The summed E-state index contributed by atoms with van der Waals surface area (Å²) in [7, 11) is 0. The molecule has 4 aliphatic rings. The molecule has 0 aromatic heterocycles. The van der Waals surface area contributed by atoms with Crippen LogP contribution >= 0.6 is 0 Å². The molecule has 7 rings (SSSR count). The second-order valence-corrected chi connectivity index (χ2v) is 14.3. The number of alkyl halides is 3. The summed E-state index contributed by atoms with van der Waals surface area (Å²) < 4.78 is 52.0. The Morgan fingerprint density at radius 1 is 1.04 bits per heavy atom. The molecule has 6 atom stereocenters. The minimum atomic E-state index is -4.44. The number of likely N-dealkylation sites (tertiary alicyclic amines) is 1. The van der Waals surface area contributed by atoms with Gasteiger partial charge in [0, 0.05) is 48.5 Å². The van der Waals surface area contributed by atoms with Crippen molar-refractivity contribution in [2.24, 2.45) is 11.8 Å². The van der Waals surface area contributed by atoms with Crippen LogP contribution in [-0.2, 0) is 32.3 Å². The first-order chi connectivity index (χ1) is 23.5. The lowest BCUT2D eigenvalue weighted by Gasteiger charge is -2.60. The Balaban J connectivity index is 1.19. The zero-order valence-electron chi connectivity index (χ0n) is 28.0. The molecule has 2 heterocycles. The van der Waals surface area contributed by atoms with E-state index >= 15 is 0 Å². The molecule has 9 heteroatoms. The van der Waals surface area contributed by atoms with Gasteiger partial charge < -0.3 is 14.4 Å². The summed E-state index contributed by atoms with van der Waals surface area (Å²) in [6.07, 6.45) is -1.69. The fourth-order valence-corrected chi connectivity index (χ4v) is 9.11. The average Bonchev–Trinajstić information content (AvgIpc) is 3.41. The van der Waals surface area contributed by atoms with Crippen LogP contribution in [0.2, 0.25) is 0 Å². The Morgan fingerprint density at radius 2 is 1.80 bits per heavy atom. The third-order valence-corrected chi connectivity index (χ3v) is 10.9. The summed E-state index contributed by atoms with van der Waals surface area (Å²) in [4.78, 5) is 30.5. The Hall–Kier alpha value is -4.29. The van der Waals surface area contributed by atoms with Gasteiger partial charge in [0.25, 0.3) is 5.91 Å². The molecule has 256 valence electrons. The van der Waals surface area contributed by atoms with Gasteiger partial charge >= 0.3 is 12.1 Å². The third-order valence-electron chi connectivity index (χ3n) is 10.9. The number of piperidine rings is 1. The molecule has 2 fully saturated rings. The molecule has 1 amide bonds. The molecule has 0 N–H and O–H groups in total. The molecular weight excluding hydrogens is 629 g/mol. The predicted octanol–water partition coefficient (Wildman–Crippen LogP) is 6.95. The Morgan fingerprint density at radius 3 is 2.49 bits per heavy atom. The molecule has 1 unspecified atom stereocenters. The fraction of sp³-hybridized carbons (Fsp3) is 0.450. The molecule has 1 spiro atoms. The van der Waals surface area contributed by atoms with Gasteiger partial charge in [-0.1, -0.05) is 62.2 Å². The number of nitrogens with zero attached hydrogens (tertiary/aromatic N) is 2. The molecule has 2 bridgehead atoms. The van der Waals surface area contributed by atoms with Gasteiger partial charge in [-0.15, -0.1) is 0 Å². The van der Waals surface area contributed by atoms with E-state index in [0.29, 0.717) is 24.6 Å². The van der Waals surface area contributed by atoms with E-state index in [2.05, 4.69) is 48.8 Å². The van der Waals surface area contributed by atoms with Gasteiger partial charge in [-0.2, -0.15) is 13.2 Å². The fourth-order valence-electron chi connectivity index (χ4n) is 9.11. The number of hydrogen-bond acceptors (Lipinski definition) is 5. The standard InChI is InChI=1S/C40H41F3N2O4/c1-25(2)23-45(36(47)19-14-27-12-15-30(16-13-27)40(41,42)43)32-18-17-31-33-22-29-10-7-11-34-37(29)39(31,38(32)49-34)20-21-44(33)24-35(48-26(3)46)28-8-5-4-6-9-28/h4-13,15-16,25,31-33,35,38H,17-18,20-24H2,1-3H3/t31-,32-,33+,35?,38-,39-/m0/s1. The lowest BCUT2D eigenvalue weighted by Crippen LogP contribution is -2.69. The van der Waals surface area contributed by atoms with Gasteiger partial charge in [0.1, 0.15) is 18.0 Å². The maximum Gasteiger partial charge on any atom is 0.416 e. The van der Waals surface area contributed by atoms with Gasteiger partial charge in [0.05, 0.1) is 11.6 Å². The van der Waals surface area contributed by atoms with Gasteiger partial charge in [0.2, 0.25) is 0 Å². The van der Waals surface area contributed by atoms with Crippen molar-refractivity contribution in [3.05, 3.63) is 101 Å². The van der Waals surface area contributed by atoms with Gasteiger partial charge in [-0.25, -0.2) is 0 Å². The number of rotatable bonds is 7.